The highest BCUT2D eigenvalue weighted by Crippen LogP contribution is 2.38. The van der Waals surface area contributed by atoms with E-state index in [0.29, 0.717) is 12.0 Å². The SMILES string of the molecule is CCCc1ccc(NC2CCC(C)c3ccccc32)cc1. The monoisotopic (exact) mass is 279 g/mol. The van der Waals surface area contributed by atoms with Gasteiger partial charge < -0.3 is 5.32 Å². The minimum absolute atomic E-state index is 0.453. The molecule has 21 heavy (non-hydrogen) atoms. The fraction of sp³-hybridized carbons (Fsp3) is 0.400. The lowest BCUT2D eigenvalue weighted by Gasteiger charge is -2.31. The van der Waals surface area contributed by atoms with E-state index in [9.17, 15) is 0 Å². The molecule has 0 aliphatic heterocycles. The predicted octanol–water partition coefficient (Wildman–Crippen LogP) is 5.69. The second-order valence-electron chi connectivity index (χ2n) is 6.25. The molecule has 2 aromatic rings. The lowest BCUT2D eigenvalue weighted by molar-refractivity contribution is 0.534. The van der Waals surface area contributed by atoms with E-state index in [4.69, 9.17) is 0 Å². The number of aryl methyl sites for hydroxylation is 1. The number of benzene rings is 2. The van der Waals surface area contributed by atoms with Gasteiger partial charge in [0.05, 0.1) is 6.04 Å². The molecule has 110 valence electrons. The van der Waals surface area contributed by atoms with Crippen LogP contribution in [-0.4, -0.2) is 0 Å². The van der Waals surface area contributed by atoms with Gasteiger partial charge in [0, 0.05) is 5.69 Å². The molecule has 0 saturated heterocycles. The lowest BCUT2D eigenvalue weighted by Crippen LogP contribution is -2.19. The van der Waals surface area contributed by atoms with Crippen molar-refractivity contribution in [3.8, 4) is 0 Å². The maximum Gasteiger partial charge on any atom is 0.0516 e. The summed E-state index contributed by atoms with van der Waals surface area (Å²) in [5, 5.41) is 3.73. The first-order valence-electron chi connectivity index (χ1n) is 8.22. The first kappa shape index (κ1) is 14.2. The van der Waals surface area contributed by atoms with Gasteiger partial charge in [0.2, 0.25) is 0 Å². The smallest absolute Gasteiger partial charge is 0.0516 e. The van der Waals surface area contributed by atoms with Crippen LogP contribution in [0.5, 0.6) is 0 Å². The van der Waals surface area contributed by atoms with Crippen LogP contribution in [0.15, 0.2) is 48.5 Å². The van der Waals surface area contributed by atoms with Gasteiger partial charge in [-0.25, -0.2) is 0 Å². The third-order valence-corrected chi connectivity index (χ3v) is 4.62. The Morgan fingerprint density at radius 3 is 2.38 bits per heavy atom. The van der Waals surface area contributed by atoms with Gasteiger partial charge in [0.1, 0.15) is 0 Å². The van der Waals surface area contributed by atoms with Gasteiger partial charge in [0.25, 0.3) is 0 Å². The summed E-state index contributed by atoms with van der Waals surface area (Å²) in [6, 6.07) is 18.3. The third kappa shape index (κ3) is 3.12. The summed E-state index contributed by atoms with van der Waals surface area (Å²) < 4.78 is 0. The maximum atomic E-state index is 3.73. The van der Waals surface area contributed by atoms with Crippen LogP contribution in [-0.2, 0) is 6.42 Å². The Morgan fingerprint density at radius 2 is 1.67 bits per heavy atom. The fourth-order valence-electron chi connectivity index (χ4n) is 3.41. The van der Waals surface area contributed by atoms with Gasteiger partial charge in [-0.15, -0.1) is 0 Å². The molecular formula is C20H25N. The summed E-state index contributed by atoms with van der Waals surface area (Å²) in [7, 11) is 0. The lowest BCUT2D eigenvalue weighted by atomic mass is 9.81. The Labute approximate surface area is 128 Å². The van der Waals surface area contributed by atoms with Crippen LogP contribution in [0.3, 0.4) is 0 Å². The molecule has 1 heteroatoms. The van der Waals surface area contributed by atoms with Crippen molar-refractivity contribution >= 4 is 5.69 Å². The van der Waals surface area contributed by atoms with Crippen LogP contribution in [0.25, 0.3) is 0 Å². The average Bonchev–Trinajstić information content (AvgIpc) is 2.52. The number of fused-ring (bicyclic) bond motifs is 1. The van der Waals surface area contributed by atoms with Crippen molar-refractivity contribution < 1.29 is 0 Å². The molecule has 1 nitrogen and oxygen atoms in total. The van der Waals surface area contributed by atoms with Gasteiger partial charge in [-0.2, -0.15) is 0 Å². The van der Waals surface area contributed by atoms with E-state index in [1.54, 1.807) is 0 Å². The van der Waals surface area contributed by atoms with E-state index >= 15 is 0 Å². The highest BCUT2D eigenvalue weighted by Gasteiger charge is 2.23. The van der Waals surface area contributed by atoms with Crippen LogP contribution in [0, 0.1) is 0 Å². The Morgan fingerprint density at radius 1 is 0.952 bits per heavy atom. The Bertz CT molecular complexity index is 585. The van der Waals surface area contributed by atoms with Crippen molar-refractivity contribution in [2.45, 2.75) is 51.5 Å². The number of hydrogen-bond acceptors (Lipinski definition) is 1. The minimum atomic E-state index is 0.453. The molecule has 2 unspecified atom stereocenters. The molecule has 3 rings (SSSR count). The summed E-state index contributed by atoms with van der Waals surface area (Å²) in [5.41, 5.74) is 5.67. The zero-order valence-corrected chi connectivity index (χ0v) is 13.1. The molecule has 0 aromatic heterocycles. The quantitative estimate of drug-likeness (QED) is 0.758. The zero-order chi connectivity index (χ0) is 14.7. The van der Waals surface area contributed by atoms with E-state index in [0.717, 1.165) is 0 Å². The molecule has 0 bridgehead atoms. The molecule has 0 radical (unpaired) electrons. The van der Waals surface area contributed by atoms with Crippen LogP contribution in [0.4, 0.5) is 5.69 Å². The molecule has 1 aliphatic carbocycles. The van der Waals surface area contributed by atoms with Crippen molar-refractivity contribution in [2.24, 2.45) is 0 Å². The molecule has 0 fully saturated rings. The summed E-state index contributed by atoms with van der Waals surface area (Å²) in [6.07, 6.45) is 4.86. The van der Waals surface area contributed by atoms with Gasteiger partial charge in [-0.05, 0) is 54.0 Å². The molecule has 2 atom stereocenters. The summed E-state index contributed by atoms with van der Waals surface area (Å²) in [6.45, 7) is 4.57. The van der Waals surface area contributed by atoms with Crippen LogP contribution >= 0.6 is 0 Å². The second kappa shape index (κ2) is 6.34. The van der Waals surface area contributed by atoms with Gasteiger partial charge in [-0.3, -0.25) is 0 Å². The third-order valence-electron chi connectivity index (χ3n) is 4.62. The summed E-state index contributed by atoms with van der Waals surface area (Å²) >= 11 is 0. The highest BCUT2D eigenvalue weighted by atomic mass is 14.9. The number of hydrogen-bond donors (Lipinski definition) is 1. The number of rotatable bonds is 4. The van der Waals surface area contributed by atoms with Gasteiger partial charge in [-0.1, -0.05) is 56.7 Å². The van der Waals surface area contributed by atoms with Gasteiger partial charge >= 0.3 is 0 Å². The molecule has 2 aromatic carbocycles. The molecule has 0 spiro atoms. The van der Waals surface area contributed by atoms with Crippen molar-refractivity contribution in [3.63, 3.8) is 0 Å². The normalized spacial score (nSPS) is 20.9. The molecule has 0 amide bonds. The van der Waals surface area contributed by atoms with Crippen molar-refractivity contribution in [1.29, 1.82) is 0 Å². The molecule has 0 heterocycles. The van der Waals surface area contributed by atoms with E-state index < -0.39 is 0 Å². The fourth-order valence-corrected chi connectivity index (χ4v) is 3.41. The van der Waals surface area contributed by atoms with E-state index in [1.807, 2.05) is 0 Å². The maximum absolute atomic E-state index is 3.73. The van der Waals surface area contributed by atoms with Crippen molar-refractivity contribution in [3.05, 3.63) is 65.2 Å². The summed E-state index contributed by atoms with van der Waals surface area (Å²) in [5.74, 6) is 0.686. The molecular weight excluding hydrogens is 254 g/mol. The van der Waals surface area contributed by atoms with E-state index in [-0.39, 0.29) is 0 Å². The van der Waals surface area contributed by atoms with Crippen LogP contribution < -0.4 is 5.32 Å². The highest BCUT2D eigenvalue weighted by molar-refractivity contribution is 5.49. The number of anilines is 1. The largest absolute Gasteiger partial charge is 0.378 e. The topological polar surface area (TPSA) is 12.0 Å². The second-order valence-corrected chi connectivity index (χ2v) is 6.25. The van der Waals surface area contributed by atoms with Crippen molar-refractivity contribution in [2.75, 3.05) is 5.32 Å². The first-order valence-corrected chi connectivity index (χ1v) is 8.22. The Kier molecular flexibility index (Phi) is 4.28. The van der Waals surface area contributed by atoms with Crippen molar-refractivity contribution in [1.82, 2.24) is 0 Å². The average molecular weight is 279 g/mol. The summed E-state index contributed by atoms with van der Waals surface area (Å²) in [4.78, 5) is 0. The standard InChI is InChI=1S/C20H25N/c1-3-6-16-10-12-17(13-11-16)21-20-14-9-15(2)18-7-4-5-8-19(18)20/h4-5,7-8,10-13,15,20-21H,3,6,9,14H2,1-2H3. The van der Waals surface area contributed by atoms with Crippen LogP contribution in [0.1, 0.15) is 61.8 Å². The molecule has 0 saturated carbocycles. The molecule has 1 aliphatic rings. The zero-order valence-electron chi connectivity index (χ0n) is 13.1. The minimum Gasteiger partial charge on any atom is -0.378 e. The first-order chi connectivity index (χ1) is 10.3. The Balaban J connectivity index is 1.78. The van der Waals surface area contributed by atoms with E-state index in [2.05, 4.69) is 67.7 Å². The number of nitrogens with one attached hydrogen (secondary N) is 1. The van der Waals surface area contributed by atoms with Gasteiger partial charge in [0.15, 0.2) is 0 Å². The molecule has 1 N–H and O–H groups in total. The van der Waals surface area contributed by atoms with E-state index in [1.165, 1.54) is 48.1 Å². The van der Waals surface area contributed by atoms with Crippen LogP contribution in [0.2, 0.25) is 0 Å². The Hall–Kier alpha value is -1.76. The predicted molar refractivity (Wildman–Crippen MR) is 90.9 cm³/mol.